The number of benzene rings is 5. The van der Waals surface area contributed by atoms with E-state index in [0.29, 0.717) is 67.9 Å². The Hall–Kier alpha value is -5.93. The van der Waals surface area contributed by atoms with E-state index in [1.165, 1.54) is 5.56 Å². The standard InChI is InChI=1S/C59H71N3O10S/c1-6-22-69-24-25-70-23-21-60(20-12-11-13-39(2)3)49-28-41(36-71-55-33-43-18-19-48-31-44-14-7-9-16-52(44)61(48)58(63)50(43)26-40(55)4)27-42(29-49)37-72-57-34-46-30-47(38-73(65,66)67)54-32-45-15-8-10-17-53(45)62(54)59(64)51(46)35-56(57)68-5/h7-10,14-17,26-29,33-35,39,47-48,54H,6,11-13,18-25,30-32,36-38H2,1-5H3,(H,65,66,67)/t47?,48-,54+/m1/s1. The van der Waals surface area contributed by atoms with Gasteiger partial charge >= 0.3 is 0 Å². The summed E-state index contributed by atoms with van der Waals surface area (Å²) in [6.07, 6.45) is 7.42. The monoisotopic (exact) mass is 1010 g/mol. The molecule has 1 unspecified atom stereocenters. The number of aryl methyl sites for hydroxylation is 2. The van der Waals surface area contributed by atoms with E-state index in [0.717, 1.165) is 108 Å². The van der Waals surface area contributed by atoms with Crippen LogP contribution in [0.3, 0.4) is 0 Å². The minimum atomic E-state index is -4.38. The van der Waals surface area contributed by atoms with E-state index >= 15 is 0 Å². The zero-order chi connectivity index (χ0) is 51.2. The van der Waals surface area contributed by atoms with Crippen LogP contribution in [0.2, 0.25) is 0 Å². The van der Waals surface area contributed by atoms with E-state index in [4.69, 9.17) is 23.7 Å². The van der Waals surface area contributed by atoms with Crippen molar-refractivity contribution in [1.29, 1.82) is 0 Å². The molecule has 0 fully saturated rings. The average Bonchev–Trinajstić information content (AvgIpc) is 3.89. The molecule has 14 heteroatoms. The summed E-state index contributed by atoms with van der Waals surface area (Å²) in [5.74, 6) is 0.857. The highest BCUT2D eigenvalue weighted by molar-refractivity contribution is 7.85. The Morgan fingerprint density at radius 1 is 0.699 bits per heavy atom. The molecule has 73 heavy (non-hydrogen) atoms. The van der Waals surface area contributed by atoms with Crippen molar-refractivity contribution < 1.29 is 46.2 Å². The first-order valence-electron chi connectivity index (χ1n) is 26.2. The molecular formula is C59H71N3O10S. The minimum absolute atomic E-state index is 0.0436. The lowest BCUT2D eigenvalue weighted by Crippen LogP contribution is -2.43. The average molecular weight is 1010 g/mol. The van der Waals surface area contributed by atoms with Crippen molar-refractivity contribution in [2.45, 2.75) is 111 Å². The first-order chi connectivity index (χ1) is 35.3. The van der Waals surface area contributed by atoms with Gasteiger partial charge in [-0.1, -0.05) is 70.0 Å². The molecule has 4 heterocycles. The first kappa shape index (κ1) is 52.0. The third-order valence-electron chi connectivity index (χ3n) is 14.8. The van der Waals surface area contributed by atoms with Crippen LogP contribution in [0.4, 0.5) is 17.1 Å². The van der Waals surface area contributed by atoms with Crippen molar-refractivity contribution in [3.05, 3.63) is 141 Å². The number of hydrogen-bond donors (Lipinski definition) is 1. The van der Waals surface area contributed by atoms with E-state index in [2.05, 4.69) is 62.1 Å². The number of ether oxygens (including phenoxy) is 5. The van der Waals surface area contributed by atoms with Gasteiger partial charge in [0.1, 0.15) is 19.0 Å². The lowest BCUT2D eigenvalue weighted by molar-refractivity contribution is 0.0505. The highest BCUT2D eigenvalue weighted by Crippen LogP contribution is 2.44. The van der Waals surface area contributed by atoms with Gasteiger partial charge in [0.25, 0.3) is 21.9 Å². The van der Waals surface area contributed by atoms with Gasteiger partial charge in [0.15, 0.2) is 11.5 Å². The van der Waals surface area contributed by atoms with Crippen molar-refractivity contribution in [2.75, 3.05) is 67.1 Å². The van der Waals surface area contributed by atoms with Gasteiger partial charge in [-0.3, -0.25) is 14.1 Å². The van der Waals surface area contributed by atoms with Gasteiger partial charge in [-0.15, -0.1) is 0 Å². The topological polar surface area (TPSA) is 144 Å². The molecule has 4 aliphatic rings. The van der Waals surface area contributed by atoms with Gasteiger partial charge in [-0.05, 0) is 151 Å². The highest BCUT2D eigenvalue weighted by Gasteiger charge is 2.44. The lowest BCUT2D eigenvalue weighted by atomic mass is 9.91. The number of anilines is 3. The van der Waals surface area contributed by atoms with Crippen molar-refractivity contribution in [3.8, 4) is 17.2 Å². The van der Waals surface area contributed by atoms with Gasteiger partial charge in [-0.2, -0.15) is 8.42 Å². The number of rotatable bonds is 23. The van der Waals surface area contributed by atoms with Crippen molar-refractivity contribution in [3.63, 3.8) is 0 Å². The number of para-hydroxylation sites is 2. The molecule has 13 nitrogen and oxygen atoms in total. The lowest BCUT2D eigenvalue weighted by Gasteiger charge is -2.28. The van der Waals surface area contributed by atoms with Crippen molar-refractivity contribution in [1.82, 2.24) is 0 Å². The Morgan fingerprint density at radius 3 is 2.04 bits per heavy atom. The predicted molar refractivity (Wildman–Crippen MR) is 286 cm³/mol. The van der Waals surface area contributed by atoms with Gasteiger partial charge in [0.2, 0.25) is 0 Å². The highest BCUT2D eigenvalue weighted by atomic mass is 32.2. The summed E-state index contributed by atoms with van der Waals surface area (Å²) in [5, 5.41) is 0. The normalized spacial score (nSPS) is 17.8. The molecule has 2 amide bonds. The SMILES string of the molecule is CCCOCCOCCN(CCCCC(C)C)c1cc(COc2cc3c(cc2C)C(=O)N2c4ccccc4C[C@H]2CC3)cc(COc2cc3c(cc2OC)C(=O)N2c4ccccc4C[C@H]2C(CS(=O)(=O)O)C3)c1. The summed E-state index contributed by atoms with van der Waals surface area (Å²) in [7, 11) is -2.84. The van der Waals surface area contributed by atoms with Gasteiger partial charge in [0, 0.05) is 65.9 Å². The molecule has 9 rings (SSSR count). The second-order valence-corrected chi connectivity index (χ2v) is 22.1. The summed E-state index contributed by atoms with van der Waals surface area (Å²) in [6, 6.07) is 29.5. The van der Waals surface area contributed by atoms with Crippen molar-refractivity contribution >= 4 is 39.0 Å². The van der Waals surface area contributed by atoms with Crippen LogP contribution < -0.4 is 28.9 Å². The molecule has 0 saturated carbocycles. The molecule has 3 atom stereocenters. The van der Waals surface area contributed by atoms with E-state index in [9.17, 15) is 22.6 Å². The third kappa shape index (κ3) is 12.0. The quantitative estimate of drug-likeness (QED) is 0.0493. The molecule has 5 aromatic carbocycles. The summed E-state index contributed by atoms with van der Waals surface area (Å²) >= 11 is 0. The molecule has 388 valence electrons. The fourth-order valence-corrected chi connectivity index (χ4v) is 12.2. The van der Waals surface area contributed by atoms with Crippen LogP contribution in [0, 0.1) is 18.8 Å². The predicted octanol–water partition coefficient (Wildman–Crippen LogP) is 10.4. The molecular weight excluding hydrogens is 943 g/mol. The smallest absolute Gasteiger partial charge is 0.265 e. The number of carbonyl (C=O) groups excluding carboxylic acids is 2. The van der Waals surface area contributed by atoms with E-state index in [1.54, 1.807) is 24.1 Å². The number of hydrogen-bond acceptors (Lipinski definition) is 10. The third-order valence-corrected chi connectivity index (χ3v) is 15.7. The maximum absolute atomic E-state index is 14.5. The van der Waals surface area contributed by atoms with Crippen LogP contribution in [0.15, 0.2) is 91.0 Å². The Labute approximate surface area is 431 Å². The largest absolute Gasteiger partial charge is 0.493 e. The Balaban J connectivity index is 1.00. The van der Waals surface area contributed by atoms with Crippen LogP contribution in [-0.2, 0) is 58.5 Å². The number of amides is 2. The van der Waals surface area contributed by atoms with Gasteiger partial charge in [-0.25, -0.2) is 0 Å². The number of methoxy groups -OCH3 is 1. The van der Waals surface area contributed by atoms with Crippen LogP contribution in [0.5, 0.6) is 17.2 Å². The number of unbranched alkanes of at least 4 members (excludes halogenated alkanes) is 1. The molecule has 4 aliphatic heterocycles. The molecule has 0 spiro atoms. The number of carbonyl (C=O) groups is 2. The van der Waals surface area contributed by atoms with Crippen molar-refractivity contribution in [2.24, 2.45) is 11.8 Å². The maximum Gasteiger partial charge on any atom is 0.265 e. The maximum atomic E-state index is 14.5. The fourth-order valence-electron chi connectivity index (χ4n) is 11.3. The fraction of sp³-hybridized carbons (Fsp3) is 0.458. The van der Waals surface area contributed by atoms with Crippen LogP contribution in [-0.4, -0.2) is 89.2 Å². The molecule has 0 saturated heterocycles. The zero-order valence-electron chi connectivity index (χ0n) is 43.1. The van der Waals surface area contributed by atoms with E-state index < -0.39 is 27.8 Å². The molecule has 0 aliphatic carbocycles. The Kier molecular flexibility index (Phi) is 16.4. The van der Waals surface area contributed by atoms with Gasteiger partial charge in [0.05, 0.1) is 32.7 Å². The Morgan fingerprint density at radius 2 is 1.34 bits per heavy atom. The molecule has 0 aromatic heterocycles. The second kappa shape index (κ2) is 23.1. The van der Waals surface area contributed by atoms with Crippen LogP contribution >= 0.6 is 0 Å². The molecule has 1 N–H and O–H groups in total. The number of fused-ring (bicyclic) bond motifs is 8. The summed E-state index contributed by atoms with van der Waals surface area (Å²) in [5.41, 5.74) is 10.4. The first-order valence-corrected chi connectivity index (χ1v) is 27.8. The molecule has 5 aromatic rings. The summed E-state index contributed by atoms with van der Waals surface area (Å²) in [4.78, 5) is 34.8. The summed E-state index contributed by atoms with van der Waals surface area (Å²) in [6.45, 7) is 12.8. The van der Waals surface area contributed by atoms with Crippen LogP contribution in [0.1, 0.15) is 113 Å². The van der Waals surface area contributed by atoms with E-state index in [-0.39, 0.29) is 37.5 Å². The number of nitrogens with zero attached hydrogens (tertiary/aromatic N) is 3. The van der Waals surface area contributed by atoms with Gasteiger partial charge < -0.3 is 38.4 Å². The zero-order valence-corrected chi connectivity index (χ0v) is 43.9. The van der Waals surface area contributed by atoms with Crippen LogP contribution in [0.25, 0.3) is 0 Å². The van der Waals surface area contributed by atoms with E-state index in [1.807, 2.05) is 54.3 Å². The second-order valence-electron chi connectivity index (χ2n) is 20.6. The summed E-state index contributed by atoms with van der Waals surface area (Å²) < 4.78 is 66.2. The Bertz CT molecular complexity index is 2900. The molecule has 0 bridgehead atoms. The minimum Gasteiger partial charge on any atom is -0.493 e. The molecule has 0 radical (unpaired) electrons.